The number of halogens is 1. The van der Waals surface area contributed by atoms with Crippen LogP contribution in [0, 0.1) is 6.92 Å². The molecule has 1 aliphatic rings. The first kappa shape index (κ1) is 18.8. The predicted octanol–water partition coefficient (Wildman–Crippen LogP) is 1.53. The molecule has 9 nitrogen and oxygen atoms in total. The number of hydrogen-bond acceptors (Lipinski definition) is 7. The van der Waals surface area contributed by atoms with Gasteiger partial charge in [0.1, 0.15) is 24.8 Å². The molecule has 11 heteroatoms. The van der Waals surface area contributed by atoms with Gasteiger partial charge in [-0.05, 0) is 24.6 Å². The minimum absolute atomic E-state index is 0.254. The summed E-state index contributed by atoms with van der Waals surface area (Å²) in [4.78, 5) is 14.7. The van der Waals surface area contributed by atoms with Crippen molar-refractivity contribution in [3.63, 3.8) is 0 Å². The maximum atomic E-state index is 13.0. The summed E-state index contributed by atoms with van der Waals surface area (Å²) in [6.45, 7) is 3.48. The van der Waals surface area contributed by atoms with E-state index in [9.17, 15) is 8.42 Å². The number of anilines is 1. The number of nitrogens with zero attached hydrogens (tertiary/aromatic N) is 7. The van der Waals surface area contributed by atoms with E-state index in [0.29, 0.717) is 42.6 Å². The highest BCUT2D eigenvalue weighted by Crippen LogP contribution is 2.27. The average molecular weight is 420 g/mol. The number of hydrogen-bond donors (Lipinski definition) is 0. The SMILES string of the molecule is Cc1c(Cl)cccc1S(=O)(=O)N1CCN(c2cc(-n3cncn3)ncn2)CC1. The number of benzene rings is 1. The Bertz CT molecular complexity index is 1080. The zero-order valence-electron chi connectivity index (χ0n) is 15.1. The molecule has 0 saturated carbocycles. The van der Waals surface area contributed by atoms with E-state index in [1.165, 1.54) is 17.0 Å². The number of sulfonamides is 1. The minimum atomic E-state index is -3.60. The van der Waals surface area contributed by atoms with Crippen molar-refractivity contribution in [3.05, 3.63) is 53.8 Å². The lowest BCUT2D eigenvalue weighted by Crippen LogP contribution is -2.49. The molecule has 0 N–H and O–H groups in total. The predicted molar refractivity (Wildman–Crippen MR) is 104 cm³/mol. The second-order valence-corrected chi connectivity index (χ2v) is 8.64. The summed E-state index contributed by atoms with van der Waals surface area (Å²) in [6.07, 6.45) is 4.46. The van der Waals surface area contributed by atoms with Crippen LogP contribution in [0.2, 0.25) is 5.02 Å². The summed E-state index contributed by atoms with van der Waals surface area (Å²) in [5.41, 5.74) is 0.569. The van der Waals surface area contributed by atoms with Gasteiger partial charge >= 0.3 is 0 Å². The Labute approximate surface area is 167 Å². The molecule has 0 aliphatic carbocycles. The molecule has 4 rings (SSSR count). The molecule has 0 bridgehead atoms. The zero-order chi connectivity index (χ0) is 19.7. The molecule has 1 aromatic carbocycles. The molecule has 2 aromatic heterocycles. The Kier molecular flexibility index (Phi) is 5.00. The van der Waals surface area contributed by atoms with E-state index >= 15 is 0 Å². The molecule has 1 saturated heterocycles. The van der Waals surface area contributed by atoms with Crippen molar-refractivity contribution in [2.75, 3.05) is 31.1 Å². The summed E-state index contributed by atoms with van der Waals surface area (Å²) in [6, 6.07) is 6.75. The van der Waals surface area contributed by atoms with Gasteiger partial charge in [0.15, 0.2) is 5.82 Å². The lowest BCUT2D eigenvalue weighted by molar-refractivity contribution is 0.383. The van der Waals surface area contributed by atoms with Crippen LogP contribution in [0.25, 0.3) is 5.82 Å². The van der Waals surface area contributed by atoms with Gasteiger partial charge in [0, 0.05) is 37.3 Å². The molecular weight excluding hydrogens is 402 g/mol. The molecule has 3 aromatic rings. The van der Waals surface area contributed by atoms with Crippen molar-refractivity contribution in [1.29, 1.82) is 0 Å². The van der Waals surface area contributed by atoms with Crippen molar-refractivity contribution in [3.8, 4) is 5.82 Å². The number of rotatable bonds is 4. The third-order valence-electron chi connectivity index (χ3n) is 4.69. The molecule has 146 valence electrons. The lowest BCUT2D eigenvalue weighted by Gasteiger charge is -2.34. The van der Waals surface area contributed by atoms with Crippen LogP contribution in [0.3, 0.4) is 0 Å². The van der Waals surface area contributed by atoms with Crippen LogP contribution in [-0.2, 0) is 10.0 Å². The summed E-state index contributed by atoms with van der Waals surface area (Å²) < 4.78 is 29.1. The first-order chi connectivity index (χ1) is 13.5. The maximum absolute atomic E-state index is 13.0. The van der Waals surface area contributed by atoms with Crippen molar-refractivity contribution in [1.82, 2.24) is 29.0 Å². The Morgan fingerprint density at radius 2 is 1.79 bits per heavy atom. The molecule has 1 fully saturated rings. The Balaban J connectivity index is 1.51. The van der Waals surface area contributed by atoms with Gasteiger partial charge in [0.05, 0.1) is 4.90 Å². The Morgan fingerprint density at radius 3 is 2.50 bits per heavy atom. The van der Waals surface area contributed by atoms with Crippen LogP contribution in [0.1, 0.15) is 5.56 Å². The van der Waals surface area contributed by atoms with Gasteiger partial charge in [-0.2, -0.15) is 9.40 Å². The van der Waals surface area contributed by atoms with E-state index in [2.05, 4.69) is 20.1 Å². The van der Waals surface area contributed by atoms with Gasteiger partial charge in [-0.15, -0.1) is 0 Å². The Morgan fingerprint density at radius 1 is 1.04 bits per heavy atom. The highest BCUT2D eigenvalue weighted by Gasteiger charge is 2.30. The van der Waals surface area contributed by atoms with Gasteiger partial charge < -0.3 is 4.90 Å². The van der Waals surface area contributed by atoms with E-state index in [1.807, 2.05) is 4.90 Å². The molecular formula is C17H18ClN7O2S. The number of aromatic nitrogens is 5. The number of piperazine rings is 1. The first-order valence-corrected chi connectivity index (χ1v) is 10.5. The molecule has 0 spiro atoms. The summed E-state index contributed by atoms with van der Waals surface area (Å²) in [5.74, 6) is 1.32. The van der Waals surface area contributed by atoms with E-state index in [1.54, 1.807) is 42.2 Å². The fourth-order valence-corrected chi connectivity index (χ4v) is 5.03. The van der Waals surface area contributed by atoms with Crippen molar-refractivity contribution < 1.29 is 8.42 Å². The van der Waals surface area contributed by atoms with Crippen LogP contribution < -0.4 is 4.90 Å². The first-order valence-electron chi connectivity index (χ1n) is 8.64. The van der Waals surface area contributed by atoms with Crippen molar-refractivity contribution >= 4 is 27.4 Å². The third kappa shape index (κ3) is 3.46. The standard InChI is InChI=1S/C17H18ClN7O2S/c1-13-14(18)3-2-4-15(13)28(26,27)24-7-5-23(6-8-24)16-9-17(21-11-20-16)25-12-19-10-22-25/h2-4,9-12H,5-8H2,1H3. The highest BCUT2D eigenvalue weighted by atomic mass is 35.5. The highest BCUT2D eigenvalue weighted by molar-refractivity contribution is 7.89. The summed E-state index contributed by atoms with van der Waals surface area (Å²) >= 11 is 6.10. The molecule has 3 heterocycles. The quantitative estimate of drug-likeness (QED) is 0.632. The van der Waals surface area contributed by atoms with Crippen LogP contribution in [0.4, 0.5) is 5.82 Å². The lowest BCUT2D eigenvalue weighted by atomic mass is 10.2. The van der Waals surface area contributed by atoms with Crippen LogP contribution >= 0.6 is 11.6 Å². The van der Waals surface area contributed by atoms with Gasteiger partial charge in [-0.3, -0.25) is 0 Å². The van der Waals surface area contributed by atoms with Crippen LogP contribution in [-0.4, -0.2) is 63.6 Å². The van der Waals surface area contributed by atoms with Gasteiger partial charge in [0.2, 0.25) is 10.0 Å². The van der Waals surface area contributed by atoms with Crippen LogP contribution in [0.5, 0.6) is 0 Å². The fourth-order valence-electron chi connectivity index (χ4n) is 3.13. The topological polar surface area (TPSA) is 97.1 Å². The minimum Gasteiger partial charge on any atom is -0.354 e. The Hall–Kier alpha value is -2.56. The second kappa shape index (κ2) is 7.46. The van der Waals surface area contributed by atoms with E-state index in [0.717, 1.165) is 5.82 Å². The molecule has 0 unspecified atom stereocenters. The van der Waals surface area contributed by atoms with Gasteiger partial charge in [-0.25, -0.2) is 28.1 Å². The normalized spacial score (nSPS) is 15.7. The average Bonchev–Trinajstić information content (AvgIpc) is 3.25. The summed E-state index contributed by atoms with van der Waals surface area (Å²) in [5, 5.41) is 4.51. The van der Waals surface area contributed by atoms with Crippen molar-refractivity contribution in [2.24, 2.45) is 0 Å². The van der Waals surface area contributed by atoms with E-state index in [4.69, 9.17) is 11.6 Å². The largest absolute Gasteiger partial charge is 0.354 e. The van der Waals surface area contributed by atoms with Gasteiger partial charge in [-0.1, -0.05) is 17.7 Å². The molecule has 1 aliphatic heterocycles. The molecule has 0 atom stereocenters. The molecule has 28 heavy (non-hydrogen) atoms. The summed E-state index contributed by atoms with van der Waals surface area (Å²) in [7, 11) is -3.60. The van der Waals surface area contributed by atoms with Crippen molar-refractivity contribution in [2.45, 2.75) is 11.8 Å². The second-order valence-electron chi connectivity index (χ2n) is 6.33. The van der Waals surface area contributed by atoms with E-state index < -0.39 is 10.0 Å². The third-order valence-corrected chi connectivity index (χ3v) is 7.14. The maximum Gasteiger partial charge on any atom is 0.243 e. The fraction of sp³-hybridized carbons (Fsp3) is 0.294. The smallest absolute Gasteiger partial charge is 0.243 e. The monoisotopic (exact) mass is 419 g/mol. The molecule has 0 radical (unpaired) electrons. The van der Waals surface area contributed by atoms with E-state index in [-0.39, 0.29) is 4.90 Å². The molecule has 0 amide bonds. The van der Waals surface area contributed by atoms with Crippen LogP contribution in [0.15, 0.2) is 48.1 Å². The van der Waals surface area contributed by atoms with Gasteiger partial charge in [0.25, 0.3) is 0 Å². The zero-order valence-corrected chi connectivity index (χ0v) is 16.7.